The van der Waals surface area contributed by atoms with E-state index in [2.05, 4.69) is 15.9 Å². The van der Waals surface area contributed by atoms with Crippen molar-refractivity contribution in [2.45, 2.75) is 13.5 Å². The molecule has 0 atom stereocenters. The lowest BCUT2D eigenvalue weighted by atomic mass is 10.1. The fourth-order valence-electron chi connectivity index (χ4n) is 2.26. The van der Waals surface area contributed by atoms with E-state index in [-0.39, 0.29) is 5.82 Å². The zero-order valence-corrected chi connectivity index (χ0v) is 10.7. The van der Waals surface area contributed by atoms with E-state index in [0.717, 1.165) is 43.9 Å². The second-order valence-corrected chi connectivity index (χ2v) is 4.78. The molecule has 1 fully saturated rings. The fourth-order valence-corrected chi connectivity index (χ4v) is 2.26. The van der Waals surface area contributed by atoms with Crippen LogP contribution < -0.4 is 0 Å². The SMILES string of the molecule is Cc1ccc(F)cc1CN1CCN(CC#N)CC1. The Labute approximate surface area is 107 Å². The molecule has 0 aliphatic carbocycles. The van der Waals surface area contributed by atoms with Crippen LogP contribution in [0.25, 0.3) is 0 Å². The van der Waals surface area contributed by atoms with E-state index < -0.39 is 0 Å². The summed E-state index contributed by atoms with van der Waals surface area (Å²) in [5.74, 6) is -0.168. The lowest BCUT2D eigenvalue weighted by molar-refractivity contribution is 0.138. The Balaban J connectivity index is 1.92. The Bertz CT molecular complexity index is 445. The summed E-state index contributed by atoms with van der Waals surface area (Å²) in [4.78, 5) is 4.46. The van der Waals surface area contributed by atoms with Crippen LogP contribution in [0, 0.1) is 24.1 Å². The van der Waals surface area contributed by atoms with Gasteiger partial charge in [0.15, 0.2) is 0 Å². The van der Waals surface area contributed by atoms with Crippen LogP contribution in [0.1, 0.15) is 11.1 Å². The first-order valence-electron chi connectivity index (χ1n) is 6.26. The van der Waals surface area contributed by atoms with Gasteiger partial charge in [0.25, 0.3) is 0 Å². The van der Waals surface area contributed by atoms with E-state index in [0.29, 0.717) is 6.54 Å². The number of rotatable bonds is 3. The van der Waals surface area contributed by atoms with Crippen molar-refractivity contribution in [2.24, 2.45) is 0 Å². The largest absolute Gasteiger partial charge is 0.297 e. The van der Waals surface area contributed by atoms with E-state index in [9.17, 15) is 4.39 Å². The topological polar surface area (TPSA) is 30.3 Å². The highest BCUT2D eigenvalue weighted by molar-refractivity contribution is 5.26. The summed E-state index contributed by atoms with van der Waals surface area (Å²) < 4.78 is 13.2. The predicted molar refractivity (Wildman–Crippen MR) is 68.5 cm³/mol. The molecule has 0 aromatic heterocycles. The van der Waals surface area contributed by atoms with Crippen LogP contribution in [0.3, 0.4) is 0 Å². The van der Waals surface area contributed by atoms with Gasteiger partial charge in [-0.25, -0.2) is 4.39 Å². The Kier molecular flexibility index (Phi) is 4.29. The van der Waals surface area contributed by atoms with Gasteiger partial charge in [-0.3, -0.25) is 9.80 Å². The fraction of sp³-hybridized carbons (Fsp3) is 0.500. The molecule has 3 nitrogen and oxygen atoms in total. The molecule has 0 bridgehead atoms. The third-order valence-corrected chi connectivity index (χ3v) is 3.46. The first-order chi connectivity index (χ1) is 8.69. The zero-order chi connectivity index (χ0) is 13.0. The Morgan fingerprint density at radius 1 is 1.22 bits per heavy atom. The van der Waals surface area contributed by atoms with Gasteiger partial charge >= 0.3 is 0 Å². The van der Waals surface area contributed by atoms with Crippen molar-refractivity contribution in [3.63, 3.8) is 0 Å². The number of piperazine rings is 1. The molecule has 1 saturated heterocycles. The van der Waals surface area contributed by atoms with Crippen LogP contribution in [0.4, 0.5) is 4.39 Å². The van der Waals surface area contributed by atoms with E-state index in [1.54, 1.807) is 6.07 Å². The highest BCUT2D eigenvalue weighted by atomic mass is 19.1. The lowest BCUT2D eigenvalue weighted by Crippen LogP contribution is -2.45. The van der Waals surface area contributed by atoms with Crippen LogP contribution in [0.5, 0.6) is 0 Å². The van der Waals surface area contributed by atoms with Crippen molar-refractivity contribution in [3.8, 4) is 6.07 Å². The Hall–Kier alpha value is -1.44. The number of hydrogen-bond acceptors (Lipinski definition) is 3. The van der Waals surface area contributed by atoms with E-state index in [1.807, 2.05) is 13.0 Å². The number of nitrogens with zero attached hydrogens (tertiary/aromatic N) is 3. The van der Waals surface area contributed by atoms with Crippen molar-refractivity contribution >= 4 is 0 Å². The maximum absolute atomic E-state index is 13.2. The molecule has 0 amide bonds. The van der Waals surface area contributed by atoms with Gasteiger partial charge in [-0.2, -0.15) is 5.26 Å². The first-order valence-corrected chi connectivity index (χ1v) is 6.26. The zero-order valence-electron chi connectivity index (χ0n) is 10.7. The van der Waals surface area contributed by atoms with Gasteiger partial charge in [-0.05, 0) is 30.2 Å². The number of halogens is 1. The molecule has 1 aromatic carbocycles. The molecule has 4 heteroatoms. The van der Waals surface area contributed by atoms with Gasteiger partial charge in [0.1, 0.15) is 5.82 Å². The molecule has 0 unspecified atom stereocenters. The quantitative estimate of drug-likeness (QED) is 0.763. The Morgan fingerprint density at radius 2 is 1.89 bits per heavy atom. The van der Waals surface area contributed by atoms with Gasteiger partial charge in [-0.15, -0.1) is 0 Å². The van der Waals surface area contributed by atoms with Crippen LogP contribution in [0.2, 0.25) is 0 Å². The summed E-state index contributed by atoms with van der Waals surface area (Å²) in [5.41, 5.74) is 2.19. The molecule has 1 heterocycles. The van der Waals surface area contributed by atoms with E-state index in [1.165, 1.54) is 6.07 Å². The molecule has 0 radical (unpaired) electrons. The minimum atomic E-state index is -0.168. The third-order valence-electron chi connectivity index (χ3n) is 3.46. The molecule has 96 valence electrons. The molecule has 1 aromatic rings. The molecule has 18 heavy (non-hydrogen) atoms. The molecular formula is C14H18FN3. The minimum Gasteiger partial charge on any atom is -0.297 e. The average molecular weight is 247 g/mol. The number of benzene rings is 1. The smallest absolute Gasteiger partial charge is 0.123 e. The molecule has 0 spiro atoms. The van der Waals surface area contributed by atoms with Gasteiger partial charge in [-0.1, -0.05) is 6.07 Å². The normalized spacial score (nSPS) is 17.6. The summed E-state index contributed by atoms with van der Waals surface area (Å²) in [7, 11) is 0. The summed E-state index contributed by atoms with van der Waals surface area (Å²) in [6, 6.07) is 7.13. The van der Waals surface area contributed by atoms with Gasteiger partial charge in [0, 0.05) is 32.7 Å². The molecule has 0 saturated carbocycles. The predicted octanol–water partition coefficient (Wildman–Crippen LogP) is 1.78. The third kappa shape index (κ3) is 3.28. The second-order valence-electron chi connectivity index (χ2n) is 4.78. The number of hydrogen-bond donors (Lipinski definition) is 0. The van der Waals surface area contributed by atoms with Crippen molar-refractivity contribution in [1.82, 2.24) is 9.80 Å². The maximum Gasteiger partial charge on any atom is 0.123 e. The molecule has 0 N–H and O–H groups in total. The van der Waals surface area contributed by atoms with Crippen molar-refractivity contribution in [3.05, 3.63) is 35.1 Å². The first kappa shape index (κ1) is 13.0. The summed E-state index contributed by atoms with van der Waals surface area (Å²) >= 11 is 0. The van der Waals surface area contributed by atoms with Crippen LogP contribution >= 0.6 is 0 Å². The Morgan fingerprint density at radius 3 is 2.56 bits per heavy atom. The van der Waals surface area contributed by atoms with Crippen molar-refractivity contribution < 1.29 is 4.39 Å². The highest BCUT2D eigenvalue weighted by Crippen LogP contribution is 2.14. The number of aryl methyl sites for hydroxylation is 1. The molecule has 2 rings (SSSR count). The number of nitriles is 1. The minimum absolute atomic E-state index is 0.168. The van der Waals surface area contributed by atoms with Crippen molar-refractivity contribution in [2.75, 3.05) is 32.7 Å². The van der Waals surface area contributed by atoms with Gasteiger partial charge < -0.3 is 0 Å². The van der Waals surface area contributed by atoms with Crippen molar-refractivity contribution in [1.29, 1.82) is 5.26 Å². The summed E-state index contributed by atoms with van der Waals surface area (Å²) in [6.45, 7) is 7.04. The van der Waals surface area contributed by atoms with E-state index >= 15 is 0 Å². The lowest BCUT2D eigenvalue weighted by Gasteiger charge is -2.33. The maximum atomic E-state index is 13.2. The van der Waals surface area contributed by atoms with Gasteiger partial charge in [0.05, 0.1) is 12.6 Å². The monoisotopic (exact) mass is 247 g/mol. The summed E-state index contributed by atoms with van der Waals surface area (Å²) in [5, 5.41) is 8.64. The van der Waals surface area contributed by atoms with Crippen LogP contribution in [0.15, 0.2) is 18.2 Å². The second kappa shape index (κ2) is 5.94. The summed E-state index contributed by atoms with van der Waals surface area (Å²) in [6.07, 6.45) is 0. The van der Waals surface area contributed by atoms with Gasteiger partial charge in [0.2, 0.25) is 0 Å². The van der Waals surface area contributed by atoms with Crippen LogP contribution in [-0.4, -0.2) is 42.5 Å². The molecular weight excluding hydrogens is 229 g/mol. The average Bonchev–Trinajstić information content (AvgIpc) is 2.37. The molecule has 1 aliphatic rings. The standard InChI is InChI=1S/C14H18FN3/c1-12-2-3-14(15)10-13(12)11-18-8-6-17(5-4-16)7-9-18/h2-3,10H,5-9,11H2,1H3. The van der Waals surface area contributed by atoms with Crippen LogP contribution in [-0.2, 0) is 6.54 Å². The van der Waals surface area contributed by atoms with E-state index in [4.69, 9.17) is 5.26 Å². The molecule has 1 aliphatic heterocycles. The highest BCUT2D eigenvalue weighted by Gasteiger charge is 2.17.